The molecule has 8 heteroatoms. The molecule has 2 amide bonds. The molecular weight excluding hydrogens is 284 g/mol. The van der Waals surface area contributed by atoms with Gasteiger partial charge in [-0.2, -0.15) is 0 Å². The van der Waals surface area contributed by atoms with Crippen LogP contribution in [0.5, 0.6) is 0 Å². The maximum absolute atomic E-state index is 13.4. The van der Waals surface area contributed by atoms with Crippen molar-refractivity contribution >= 4 is 6.03 Å². The second-order valence-corrected chi connectivity index (χ2v) is 4.96. The maximum atomic E-state index is 13.4. The number of alkyl halides is 2. The highest BCUT2D eigenvalue weighted by Gasteiger charge is 2.36. The second kappa shape index (κ2) is 6.84. The molecular formula is C13H19F2N3O3. The Bertz CT molecular complexity index is 479. The highest BCUT2D eigenvalue weighted by molar-refractivity contribution is 5.74. The van der Waals surface area contributed by atoms with Gasteiger partial charge in [-0.05, 0) is 6.42 Å². The van der Waals surface area contributed by atoms with Gasteiger partial charge in [-0.25, -0.2) is 18.6 Å². The number of carbonyl (C=O) groups excluding carboxylic acids is 1. The quantitative estimate of drug-likeness (QED) is 0.921. The number of hydrogen-bond donors (Lipinski definition) is 1. The SMILES string of the molecule is CCCc1ncc(CNC(=O)N2CCOCC(F)(F)C2)o1. The van der Waals surface area contributed by atoms with E-state index in [0.29, 0.717) is 11.7 Å². The summed E-state index contributed by atoms with van der Waals surface area (Å²) in [4.78, 5) is 17.0. The van der Waals surface area contributed by atoms with Crippen LogP contribution in [0.4, 0.5) is 13.6 Å². The number of amides is 2. The first-order valence-electron chi connectivity index (χ1n) is 6.92. The second-order valence-electron chi connectivity index (χ2n) is 4.96. The summed E-state index contributed by atoms with van der Waals surface area (Å²) in [7, 11) is 0. The topological polar surface area (TPSA) is 67.6 Å². The predicted octanol–water partition coefficient (Wildman–Crippen LogP) is 1.80. The van der Waals surface area contributed by atoms with Crippen molar-refractivity contribution in [3.05, 3.63) is 17.8 Å². The highest BCUT2D eigenvalue weighted by atomic mass is 19.3. The molecule has 2 heterocycles. The number of rotatable bonds is 4. The first-order chi connectivity index (χ1) is 10.00. The summed E-state index contributed by atoms with van der Waals surface area (Å²) in [6, 6.07) is -0.561. The Hall–Kier alpha value is -1.70. The van der Waals surface area contributed by atoms with Crippen LogP contribution < -0.4 is 5.32 Å². The lowest BCUT2D eigenvalue weighted by atomic mass is 10.3. The first-order valence-corrected chi connectivity index (χ1v) is 6.92. The number of carbonyl (C=O) groups is 1. The Morgan fingerprint density at radius 3 is 3.14 bits per heavy atom. The van der Waals surface area contributed by atoms with Crippen LogP contribution >= 0.6 is 0 Å². The summed E-state index contributed by atoms with van der Waals surface area (Å²) in [5.41, 5.74) is 0. The van der Waals surface area contributed by atoms with Gasteiger partial charge in [0.1, 0.15) is 12.4 Å². The van der Waals surface area contributed by atoms with Gasteiger partial charge in [0.25, 0.3) is 5.92 Å². The molecule has 1 aromatic heterocycles. The minimum atomic E-state index is -3.02. The number of ether oxygens (including phenoxy) is 1. The molecule has 1 fully saturated rings. The van der Waals surface area contributed by atoms with Gasteiger partial charge < -0.3 is 19.4 Å². The number of oxazole rings is 1. The molecule has 1 aliphatic rings. The van der Waals surface area contributed by atoms with Gasteiger partial charge in [-0.3, -0.25) is 0 Å². The summed E-state index contributed by atoms with van der Waals surface area (Å²) in [5, 5.41) is 2.55. The van der Waals surface area contributed by atoms with Gasteiger partial charge in [0.05, 0.1) is 25.9 Å². The van der Waals surface area contributed by atoms with Crippen LogP contribution in [-0.2, 0) is 17.7 Å². The van der Waals surface area contributed by atoms with E-state index in [9.17, 15) is 13.6 Å². The largest absolute Gasteiger partial charge is 0.444 e. The molecule has 1 aliphatic heterocycles. The standard InChI is InChI=1S/C13H19F2N3O3/c1-2-3-11-16-6-10(21-11)7-17-12(19)18-4-5-20-9-13(14,15)8-18/h6H,2-5,7-9H2,1H3,(H,17,19). The number of aromatic nitrogens is 1. The summed E-state index contributed by atoms with van der Waals surface area (Å²) < 4.78 is 36.9. The van der Waals surface area contributed by atoms with Crippen LogP contribution in [0.1, 0.15) is 25.0 Å². The number of hydrogen-bond acceptors (Lipinski definition) is 4. The Morgan fingerprint density at radius 2 is 2.38 bits per heavy atom. The Kier molecular flexibility index (Phi) is 5.11. The molecule has 0 radical (unpaired) electrons. The normalized spacial score (nSPS) is 18.3. The van der Waals surface area contributed by atoms with E-state index < -0.39 is 25.1 Å². The number of aryl methyl sites for hydroxylation is 1. The van der Waals surface area contributed by atoms with Gasteiger partial charge in [0.2, 0.25) is 0 Å². The third kappa shape index (κ3) is 4.66. The summed E-state index contributed by atoms with van der Waals surface area (Å²) in [6.45, 7) is 1.08. The molecule has 1 saturated heterocycles. The van der Waals surface area contributed by atoms with E-state index in [1.165, 1.54) is 6.20 Å². The highest BCUT2D eigenvalue weighted by Crippen LogP contribution is 2.18. The van der Waals surface area contributed by atoms with Crippen molar-refractivity contribution in [1.82, 2.24) is 15.2 Å². The van der Waals surface area contributed by atoms with E-state index >= 15 is 0 Å². The van der Waals surface area contributed by atoms with Crippen LogP contribution in [0.15, 0.2) is 10.6 Å². The molecule has 118 valence electrons. The molecule has 21 heavy (non-hydrogen) atoms. The minimum Gasteiger partial charge on any atom is -0.444 e. The first kappa shape index (κ1) is 15.7. The molecule has 1 N–H and O–H groups in total. The smallest absolute Gasteiger partial charge is 0.318 e. The predicted molar refractivity (Wildman–Crippen MR) is 70.1 cm³/mol. The number of nitrogens with one attached hydrogen (secondary N) is 1. The lowest BCUT2D eigenvalue weighted by molar-refractivity contribution is -0.0652. The van der Waals surface area contributed by atoms with Gasteiger partial charge in [0.15, 0.2) is 5.89 Å². The van der Waals surface area contributed by atoms with Crippen molar-refractivity contribution in [1.29, 1.82) is 0 Å². The zero-order valence-electron chi connectivity index (χ0n) is 11.9. The van der Waals surface area contributed by atoms with Crippen LogP contribution in [0, 0.1) is 0 Å². The van der Waals surface area contributed by atoms with Crippen LogP contribution in [0.25, 0.3) is 0 Å². The number of halogens is 2. The Labute approximate surface area is 121 Å². The lowest BCUT2D eigenvalue weighted by Gasteiger charge is -2.23. The van der Waals surface area contributed by atoms with E-state index in [4.69, 9.17) is 9.15 Å². The number of nitrogens with zero attached hydrogens (tertiary/aromatic N) is 2. The molecule has 6 nitrogen and oxygen atoms in total. The summed E-state index contributed by atoms with van der Waals surface area (Å²) in [5.74, 6) is -1.91. The molecule has 0 spiro atoms. The van der Waals surface area contributed by atoms with Gasteiger partial charge >= 0.3 is 6.03 Å². The van der Waals surface area contributed by atoms with Crippen molar-refractivity contribution in [2.45, 2.75) is 32.2 Å². The molecule has 2 rings (SSSR count). The van der Waals surface area contributed by atoms with Gasteiger partial charge in [-0.15, -0.1) is 0 Å². The third-order valence-electron chi connectivity index (χ3n) is 3.01. The Balaban J connectivity index is 1.85. The number of urea groups is 1. The molecule has 0 atom stereocenters. The Morgan fingerprint density at radius 1 is 1.57 bits per heavy atom. The molecule has 0 bridgehead atoms. The van der Waals surface area contributed by atoms with E-state index in [1.54, 1.807) is 0 Å². The molecule has 0 unspecified atom stereocenters. The van der Waals surface area contributed by atoms with Crippen LogP contribution in [0.3, 0.4) is 0 Å². The average molecular weight is 303 g/mol. The van der Waals surface area contributed by atoms with Crippen LogP contribution in [0.2, 0.25) is 0 Å². The van der Waals surface area contributed by atoms with E-state index in [0.717, 1.165) is 17.7 Å². The van der Waals surface area contributed by atoms with Crippen molar-refractivity contribution in [2.24, 2.45) is 0 Å². The average Bonchev–Trinajstić information content (AvgIpc) is 2.79. The fourth-order valence-corrected chi connectivity index (χ4v) is 2.01. The van der Waals surface area contributed by atoms with E-state index in [1.807, 2.05) is 6.92 Å². The van der Waals surface area contributed by atoms with E-state index in [2.05, 4.69) is 10.3 Å². The van der Waals surface area contributed by atoms with E-state index in [-0.39, 0.29) is 19.7 Å². The molecule has 0 aliphatic carbocycles. The van der Waals surface area contributed by atoms with Crippen molar-refractivity contribution in [3.63, 3.8) is 0 Å². The molecule has 0 aromatic carbocycles. The van der Waals surface area contributed by atoms with Crippen molar-refractivity contribution in [2.75, 3.05) is 26.3 Å². The van der Waals surface area contributed by atoms with Crippen LogP contribution in [-0.4, -0.2) is 48.1 Å². The van der Waals surface area contributed by atoms with Crippen molar-refractivity contribution in [3.8, 4) is 0 Å². The van der Waals surface area contributed by atoms with Crippen molar-refractivity contribution < 1.29 is 22.7 Å². The minimum absolute atomic E-state index is 0.103. The fraction of sp³-hybridized carbons (Fsp3) is 0.692. The third-order valence-corrected chi connectivity index (χ3v) is 3.01. The monoisotopic (exact) mass is 303 g/mol. The van der Waals surface area contributed by atoms with Gasteiger partial charge in [-0.1, -0.05) is 6.92 Å². The van der Waals surface area contributed by atoms with Gasteiger partial charge in [0, 0.05) is 13.0 Å². The molecule has 1 aromatic rings. The molecule has 0 saturated carbocycles. The zero-order valence-corrected chi connectivity index (χ0v) is 11.9. The lowest BCUT2D eigenvalue weighted by Crippen LogP contribution is -2.45. The summed E-state index contributed by atoms with van der Waals surface area (Å²) in [6.07, 6.45) is 3.17. The summed E-state index contributed by atoms with van der Waals surface area (Å²) >= 11 is 0. The zero-order chi connectivity index (χ0) is 15.3. The maximum Gasteiger partial charge on any atom is 0.318 e. The fourth-order valence-electron chi connectivity index (χ4n) is 2.01.